The number of nitrogens with one attached hydrogen (secondary N) is 1. The van der Waals surface area contributed by atoms with Gasteiger partial charge in [0.1, 0.15) is 0 Å². The van der Waals surface area contributed by atoms with Crippen LogP contribution in [-0.2, 0) is 14.8 Å². The normalized spacial score (nSPS) is 13.3. The second-order valence-electron chi connectivity index (χ2n) is 4.32. The lowest BCUT2D eigenvalue weighted by Gasteiger charge is -2.13. The molecule has 106 valence electrons. The number of anilines is 1. The minimum atomic E-state index is -3.45. The van der Waals surface area contributed by atoms with Crippen LogP contribution in [0.4, 0.5) is 5.69 Å². The Morgan fingerprint density at radius 1 is 1.32 bits per heavy atom. The van der Waals surface area contributed by atoms with Crippen molar-refractivity contribution < 1.29 is 13.2 Å². The van der Waals surface area contributed by atoms with Gasteiger partial charge >= 0.3 is 0 Å². The predicted octanol–water partition coefficient (Wildman–Crippen LogP) is 0.613. The second-order valence-corrected chi connectivity index (χ2v) is 6.47. The van der Waals surface area contributed by atoms with E-state index in [-0.39, 0.29) is 10.8 Å². The summed E-state index contributed by atoms with van der Waals surface area (Å²) in [6.07, 6.45) is 0.541. The maximum atomic E-state index is 11.8. The zero-order chi connectivity index (χ0) is 14.6. The fourth-order valence-corrected chi connectivity index (χ4v) is 2.24. The van der Waals surface area contributed by atoms with Crippen LogP contribution < -0.4 is 11.1 Å². The Bertz CT molecular complexity index is 538. The van der Waals surface area contributed by atoms with Gasteiger partial charge in [-0.3, -0.25) is 4.79 Å². The third kappa shape index (κ3) is 3.76. The Morgan fingerprint density at radius 2 is 1.84 bits per heavy atom. The first kappa shape index (κ1) is 15.6. The van der Waals surface area contributed by atoms with Crippen LogP contribution in [-0.4, -0.2) is 38.8 Å². The van der Waals surface area contributed by atoms with Gasteiger partial charge in [0.2, 0.25) is 15.9 Å². The Labute approximate surface area is 113 Å². The molecule has 3 N–H and O–H groups in total. The molecular weight excluding hydrogens is 266 g/mol. The van der Waals surface area contributed by atoms with Crippen molar-refractivity contribution in [2.75, 3.05) is 19.4 Å². The summed E-state index contributed by atoms with van der Waals surface area (Å²) in [7, 11) is -0.520. The molecule has 0 aliphatic heterocycles. The monoisotopic (exact) mass is 285 g/mol. The van der Waals surface area contributed by atoms with Gasteiger partial charge in [-0.2, -0.15) is 0 Å². The van der Waals surface area contributed by atoms with Gasteiger partial charge in [-0.25, -0.2) is 12.7 Å². The number of carbonyl (C=O) groups excluding carboxylic acids is 1. The predicted molar refractivity (Wildman–Crippen MR) is 74.2 cm³/mol. The molecule has 19 heavy (non-hydrogen) atoms. The molecule has 0 aliphatic rings. The van der Waals surface area contributed by atoms with Crippen molar-refractivity contribution in [3.63, 3.8) is 0 Å². The Morgan fingerprint density at radius 3 is 2.26 bits per heavy atom. The van der Waals surface area contributed by atoms with Crippen LogP contribution in [0.15, 0.2) is 29.2 Å². The van der Waals surface area contributed by atoms with Gasteiger partial charge < -0.3 is 11.1 Å². The molecule has 0 unspecified atom stereocenters. The zero-order valence-corrected chi connectivity index (χ0v) is 12.1. The fourth-order valence-electron chi connectivity index (χ4n) is 1.34. The summed E-state index contributed by atoms with van der Waals surface area (Å²) >= 11 is 0. The van der Waals surface area contributed by atoms with Gasteiger partial charge in [0.25, 0.3) is 0 Å². The Kier molecular flexibility index (Phi) is 5.04. The average Bonchev–Trinajstić information content (AvgIpc) is 2.38. The van der Waals surface area contributed by atoms with Crippen LogP contribution in [0.5, 0.6) is 0 Å². The lowest BCUT2D eigenvalue weighted by molar-refractivity contribution is -0.117. The van der Waals surface area contributed by atoms with Crippen molar-refractivity contribution >= 4 is 21.6 Å². The Balaban J connectivity index is 2.86. The quantitative estimate of drug-likeness (QED) is 0.829. The molecule has 1 amide bonds. The summed E-state index contributed by atoms with van der Waals surface area (Å²) in [4.78, 5) is 11.7. The highest BCUT2D eigenvalue weighted by molar-refractivity contribution is 7.89. The minimum absolute atomic E-state index is 0.176. The highest BCUT2D eigenvalue weighted by atomic mass is 32.2. The molecule has 0 aliphatic carbocycles. The molecule has 0 saturated carbocycles. The van der Waals surface area contributed by atoms with Crippen LogP contribution in [0.2, 0.25) is 0 Å². The number of hydrogen-bond donors (Lipinski definition) is 2. The molecule has 0 fully saturated rings. The van der Waals surface area contributed by atoms with Gasteiger partial charge in [0.15, 0.2) is 0 Å². The highest BCUT2D eigenvalue weighted by Gasteiger charge is 2.17. The summed E-state index contributed by atoms with van der Waals surface area (Å²) < 4.78 is 24.8. The number of carbonyl (C=O) groups is 1. The van der Waals surface area contributed by atoms with Gasteiger partial charge in [-0.1, -0.05) is 6.92 Å². The van der Waals surface area contributed by atoms with Crippen molar-refractivity contribution in [1.82, 2.24) is 4.31 Å². The van der Waals surface area contributed by atoms with E-state index >= 15 is 0 Å². The molecule has 0 aromatic heterocycles. The molecule has 6 nitrogen and oxygen atoms in total. The SMILES string of the molecule is CC[C@@H](N)C(=O)Nc1ccc(S(=O)(=O)N(C)C)cc1. The molecule has 0 saturated heterocycles. The maximum absolute atomic E-state index is 11.8. The summed E-state index contributed by atoms with van der Waals surface area (Å²) in [6, 6.07) is 5.41. The van der Waals surface area contributed by atoms with Gasteiger partial charge in [-0.05, 0) is 30.7 Å². The molecule has 0 bridgehead atoms. The van der Waals surface area contributed by atoms with Crippen molar-refractivity contribution in [1.29, 1.82) is 0 Å². The van der Waals surface area contributed by atoms with E-state index < -0.39 is 16.1 Å². The minimum Gasteiger partial charge on any atom is -0.325 e. The van der Waals surface area contributed by atoms with E-state index in [1.165, 1.54) is 38.4 Å². The number of nitrogens with zero attached hydrogens (tertiary/aromatic N) is 1. The topological polar surface area (TPSA) is 92.5 Å². The van der Waals surface area contributed by atoms with Crippen molar-refractivity contribution in [2.24, 2.45) is 5.73 Å². The van der Waals surface area contributed by atoms with Crippen LogP contribution >= 0.6 is 0 Å². The molecule has 7 heteroatoms. The lowest BCUT2D eigenvalue weighted by atomic mass is 10.2. The lowest BCUT2D eigenvalue weighted by Crippen LogP contribution is -2.34. The largest absolute Gasteiger partial charge is 0.325 e. The van der Waals surface area contributed by atoms with E-state index in [9.17, 15) is 13.2 Å². The first-order chi connectivity index (χ1) is 8.78. The van der Waals surface area contributed by atoms with Gasteiger partial charge in [0.05, 0.1) is 10.9 Å². The summed E-state index contributed by atoms with van der Waals surface area (Å²) in [5, 5.41) is 2.63. The van der Waals surface area contributed by atoms with Crippen LogP contribution in [0, 0.1) is 0 Å². The highest BCUT2D eigenvalue weighted by Crippen LogP contribution is 2.16. The maximum Gasteiger partial charge on any atom is 0.242 e. The van der Waals surface area contributed by atoms with E-state index in [0.717, 1.165) is 4.31 Å². The summed E-state index contributed by atoms with van der Waals surface area (Å²) in [5.74, 6) is -0.286. The number of nitrogens with two attached hydrogens (primary N) is 1. The molecule has 0 heterocycles. The standard InChI is InChI=1S/C12H19N3O3S/c1-4-11(13)12(16)14-9-5-7-10(8-6-9)19(17,18)15(2)3/h5-8,11H,4,13H2,1-3H3,(H,14,16)/t11-/m1/s1. The molecule has 0 radical (unpaired) electrons. The van der Waals surface area contributed by atoms with Gasteiger partial charge in [0, 0.05) is 19.8 Å². The summed E-state index contributed by atoms with van der Waals surface area (Å²) in [6.45, 7) is 1.82. The first-order valence-electron chi connectivity index (χ1n) is 5.88. The number of hydrogen-bond acceptors (Lipinski definition) is 4. The summed E-state index contributed by atoms with van der Waals surface area (Å²) in [5.41, 5.74) is 6.11. The number of sulfonamides is 1. The van der Waals surface area contributed by atoms with Crippen LogP contribution in [0.3, 0.4) is 0 Å². The second kappa shape index (κ2) is 6.14. The number of benzene rings is 1. The molecule has 1 aromatic carbocycles. The molecule has 0 spiro atoms. The first-order valence-corrected chi connectivity index (χ1v) is 7.32. The number of amides is 1. The molecular formula is C12H19N3O3S. The van der Waals surface area contributed by atoms with Crippen molar-refractivity contribution in [3.8, 4) is 0 Å². The van der Waals surface area contributed by atoms with E-state index in [1.54, 1.807) is 0 Å². The smallest absolute Gasteiger partial charge is 0.242 e. The van der Waals surface area contributed by atoms with Crippen molar-refractivity contribution in [2.45, 2.75) is 24.3 Å². The van der Waals surface area contributed by atoms with E-state index in [1.807, 2.05) is 6.92 Å². The molecule has 1 rings (SSSR count). The van der Waals surface area contributed by atoms with E-state index in [0.29, 0.717) is 12.1 Å². The Hall–Kier alpha value is -1.44. The zero-order valence-electron chi connectivity index (χ0n) is 11.3. The molecule has 1 aromatic rings. The third-order valence-electron chi connectivity index (χ3n) is 2.68. The average molecular weight is 285 g/mol. The fraction of sp³-hybridized carbons (Fsp3) is 0.417. The molecule has 1 atom stereocenters. The third-order valence-corrected chi connectivity index (χ3v) is 4.51. The number of rotatable bonds is 5. The van der Waals surface area contributed by atoms with E-state index in [4.69, 9.17) is 5.73 Å². The van der Waals surface area contributed by atoms with E-state index in [2.05, 4.69) is 5.32 Å². The van der Waals surface area contributed by atoms with Crippen molar-refractivity contribution in [3.05, 3.63) is 24.3 Å². The van der Waals surface area contributed by atoms with Crippen LogP contribution in [0.25, 0.3) is 0 Å². The van der Waals surface area contributed by atoms with Gasteiger partial charge in [-0.15, -0.1) is 0 Å². The van der Waals surface area contributed by atoms with Crippen LogP contribution in [0.1, 0.15) is 13.3 Å².